The molecular formula is C22H26N2O4. The molecule has 0 N–H and O–H groups in total. The van der Waals surface area contributed by atoms with Crippen LogP contribution in [0.3, 0.4) is 0 Å². The van der Waals surface area contributed by atoms with Gasteiger partial charge in [-0.15, -0.1) is 0 Å². The summed E-state index contributed by atoms with van der Waals surface area (Å²) in [5.41, 5.74) is 1.96. The summed E-state index contributed by atoms with van der Waals surface area (Å²) in [6.07, 6.45) is 0.732. The molecular weight excluding hydrogens is 356 g/mol. The summed E-state index contributed by atoms with van der Waals surface area (Å²) >= 11 is 0. The molecule has 3 rings (SSSR count). The molecule has 0 radical (unpaired) electrons. The van der Waals surface area contributed by atoms with E-state index in [2.05, 4.69) is 0 Å². The molecule has 1 fully saturated rings. The normalized spacial score (nSPS) is 17.0. The number of hydrogen-bond acceptors (Lipinski definition) is 4. The molecule has 0 unspecified atom stereocenters. The van der Waals surface area contributed by atoms with E-state index in [0.717, 1.165) is 17.5 Å². The van der Waals surface area contributed by atoms with Crippen molar-refractivity contribution < 1.29 is 19.1 Å². The number of benzene rings is 2. The van der Waals surface area contributed by atoms with Crippen molar-refractivity contribution in [3.05, 3.63) is 59.7 Å². The lowest BCUT2D eigenvalue weighted by atomic mass is 10.1. The molecule has 1 heterocycles. The maximum absolute atomic E-state index is 12.8. The average Bonchev–Trinajstić information content (AvgIpc) is 2.73. The number of piperazine rings is 1. The molecule has 2 amide bonds. The minimum absolute atomic E-state index is 0.0302. The van der Waals surface area contributed by atoms with Crippen LogP contribution >= 0.6 is 0 Å². The number of nitrogens with zero attached hydrogens (tertiary/aromatic N) is 2. The summed E-state index contributed by atoms with van der Waals surface area (Å²) in [5, 5.41) is 0. The highest BCUT2D eigenvalue weighted by molar-refractivity contribution is 5.94. The molecule has 0 saturated carbocycles. The Morgan fingerprint density at radius 1 is 1.00 bits per heavy atom. The Morgan fingerprint density at radius 3 is 2.43 bits per heavy atom. The van der Waals surface area contributed by atoms with Crippen LogP contribution in [0, 0.1) is 0 Å². The van der Waals surface area contributed by atoms with Gasteiger partial charge in [-0.05, 0) is 25.0 Å². The van der Waals surface area contributed by atoms with Gasteiger partial charge in [-0.1, -0.05) is 42.5 Å². The van der Waals surface area contributed by atoms with Crippen LogP contribution in [0.15, 0.2) is 48.5 Å². The molecule has 0 bridgehead atoms. The Labute approximate surface area is 165 Å². The number of hydrogen-bond donors (Lipinski definition) is 0. The van der Waals surface area contributed by atoms with Crippen LogP contribution in [-0.2, 0) is 22.6 Å². The molecule has 0 aromatic heterocycles. The Hall–Kier alpha value is -3.02. The van der Waals surface area contributed by atoms with Gasteiger partial charge in [0.25, 0.3) is 0 Å². The molecule has 0 spiro atoms. The summed E-state index contributed by atoms with van der Waals surface area (Å²) in [6, 6.07) is 15.0. The summed E-state index contributed by atoms with van der Waals surface area (Å²) < 4.78 is 10.8. The third-order valence-corrected chi connectivity index (χ3v) is 5.12. The standard InChI is InChI=1S/C22H26N2O4/c1-16-22(26)23(13-12-17-8-5-4-6-9-17)15-20(25)24(16)14-18-10-7-11-19(27-2)21(18)28-3/h4-11,16H,12-15H2,1-3H3/t16-/m1/s1. The van der Waals surface area contributed by atoms with E-state index >= 15 is 0 Å². The van der Waals surface area contributed by atoms with Gasteiger partial charge >= 0.3 is 0 Å². The smallest absolute Gasteiger partial charge is 0.245 e. The van der Waals surface area contributed by atoms with Crippen LogP contribution in [0.2, 0.25) is 0 Å². The molecule has 2 aromatic carbocycles. The fraction of sp³-hybridized carbons (Fsp3) is 0.364. The summed E-state index contributed by atoms with van der Waals surface area (Å²) in [4.78, 5) is 28.9. The zero-order valence-corrected chi connectivity index (χ0v) is 16.6. The lowest BCUT2D eigenvalue weighted by molar-refractivity contribution is -0.155. The van der Waals surface area contributed by atoms with Crippen LogP contribution in [-0.4, -0.2) is 55.0 Å². The third-order valence-electron chi connectivity index (χ3n) is 5.12. The van der Waals surface area contributed by atoms with Crippen molar-refractivity contribution in [2.75, 3.05) is 27.3 Å². The molecule has 1 atom stereocenters. The minimum atomic E-state index is -0.520. The van der Waals surface area contributed by atoms with Crippen molar-refractivity contribution in [1.29, 1.82) is 0 Å². The highest BCUT2D eigenvalue weighted by Crippen LogP contribution is 2.32. The lowest BCUT2D eigenvalue weighted by Crippen LogP contribution is -2.58. The van der Waals surface area contributed by atoms with Gasteiger partial charge in [0.2, 0.25) is 11.8 Å². The Balaban J connectivity index is 1.71. The van der Waals surface area contributed by atoms with E-state index in [-0.39, 0.29) is 18.4 Å². The van der Waals surface area contributed by atoms with E-state index in [4.69, 9.17) is 9.47 Å². The summed E-state index contributed by atoms with van der Waals surface area (Å²) in [5.74, 6) is 1.10. The predicted octanol–water partition coefficient (Wildman–Crippen LogP) is 2.51. The molecule has 28 heavy (non-hydrogen) atoms. The third kappa shape index (κ3) is 4.11. The van der Waals surface area contributed by atoms with E-state index < -0.39 is 6.04 Å². The Morgan fingerprint density at radius 2 is 1.75 bits per heavy atom. The van der Waals surface area contributed by atoms with Crippen LogP contribution < -0.4 is 9.47 Å². The van der Waals surface area contributed by atoms with Gasteiger partial charge in [0, 0.05) is 12.1 Å². The topological polar surface area (TPSA) is 59.1 Å². The predicted molar refractivity (Wildman–Crippen MR) is 106 cm³/mol. The molecule has 2 aromatic rings. The van der Waals surface area contributed by atoms with Crippen molar-refractivity contribution in [2.24, 2.45) is 0 Å². The number of methoxy groups -OCH3 is 2. The largest absolute Gasteiger partial charge is 0.493 e. The second-order valence-electron chi connectivity index (χ2n) is 6.85. The van der Waals surface area contributed by atoms with Crippen LogP contribution in [0.5, 0.6) is 11.5 Å². The monoisotopic (exact) mass is 382 g/mol. The maximum atomic E-state index is 12.8. The first-order valence-electron chi connectivity index (χ1n) is 9.37. The van der Waals surface area contributed by atoms with Crippen molar-refractivity contribution in [3.63, 3.8) is 0 Å². The van der Waals surface area contributed by atoms with Crippen LogP contribution in [0.1, 0.15) is 18.1 Å². The SMILES string of the molecule is COc1cccc(CN2C(=O)CN(CCc3ccccc3)C(=O)[C@H]2C)c1OC. The average molecular weight is 382 g/mol. The molecule has 1 aliphatic heterocycles. The molecule has 6 heteroatoms. The highest BCUT2D eigenvalue weighted by Gasteiger charge is 2.36. The van der Waals surface area contributed by atoms with Crippen molar-refractivity contribution in [2.45, 2.75) is 25.9 Å². The number of rotatable bonds is 7. The molecule has 6 nitrogen and oxygen atoms in total. The first-order valence-corrected chi connectivity index (χ1v) is 9.37. The van der Waals surface area contributed by atoms with Crippen molar-refractivity contribution >= 4 is 11.8 Å². The first kappa shape index (κ1) is 19.7. The van der Waals surface area contributed by atoms with Gasteiger partial charge in [0.05, 0.1) is 27.3 Å². The fourth-order valence-electron chi connectivity index (χ4n) is 3.53. The van der Waals surface area contributed by atoms with Crippen molar-refractivity contribution in [3.8, 4) is 11.5 Å². The summed E-state index contributed by atoms with van der Waals surface area (Å²) in [6.45, 7) is 2.72. The van der Waals surface area contributed by atoms with Gasteiger partial charge in [-0.3, -0.25) is 9.59 Å². The first-order chi connectivity index (χ1) is 13.5. The number of carbonyl (C=O) groups excluding carboxylic acids is 2. The zero-order valence-electron chi connectivity index (χ0n) is 16.6. The zero-order chi connectivity index (χ0) is 20.1. The van der Waals surface area contributed by atoms with Crippen LogP contribution in [0.4, 0.5) is 0 Å². The molecule has 1 saturated heterocycles. The van der Waals surface area contributed by atoms with E-state index in [1.807, 2.05) is 42.5 Å². The van der Waals surface area contributed by atoms with Crippen LogP contribution in [0.25, 0.3) is 0 Å². The van der Waals surface area contributed by atoms with Gasteiger partial charge < -0.3 is 19.3 Å². The number of carbonyl (C=O) groups is 2. The van der Waals surface area contributed by atoms with Gasteiger partial charge in [0.1, 0.15) is 6.04 Å². The van der Waals surface area contributed by atoms with Gasteiger partial charge in [-0.2, -0.15) is 0 Å². The second-order valence-corrected chi connectivity index (χ2v) is 6.85. The minimum Gasteiger partial charge on any atom is -0.493 e. The number of amides is 2. The van der Waals surface area contributed by atoms with E-state index in [1.54, 1.807) is 37.0 Å². The Bertz CT molecular complexity index is 838. The van der Waals surface area contributed by atoms with E-state index in [0.29, 0.717) is 24.6 Å². The van der Waals surface area contributed by atoms with Gasteiger partial charge in [0.15, 0.2) is 11.5 Å². The van der Waals surface area contributed by atoms with Crippen molar-refractivity contribution in [1.82, 2.24) is 9.80 Å². The highest BCUT2D eigenvalue weighted by atomic mass is 16.5. The summed E-state index contributed by atoms with van der Waals surface area (Å²) in [7, 11) is 3.14. The molecule has 148 valence electrons. The second kappa shape index (κ2) is 8.78. The fourth-order valence-corrected chi connectivity index (χ4v) is 3.53. The van der Waals surface area contributed by atoms with Gasteiger partial charge in [-0.25, -0.2) is 0 Å². The number of ether oxygens (including phenoxy) is 2. The maximum Gasteiger partial charge on any atom is 0.245 e. The molecule has 0 aliphatic carbocycles. The Kier molecular flexibility index (Phi) is 6.19. The lowest BCUT2D eigenvalue weighted by Gasteiger charge is -2.39. The quantitative estimate of drug-likeness (QED) is 0.738. The molecule has 1 aliphatic rings. The number of para-hydroxylation sites is 1. The van der Waals surface area contributed by atoms with E-state index in [9.17, 15) is 9.59 Å². The van der Waals surface area contributed by atoms with E-state index in [1.165, 1.54) is 0 Å².